The molecule has 138 valence electrons. The summed E-state index contributed by atoms with van der Waals surface area (Å²) in [7, 11) is 0. The Balaban J connectivity index is 2.21. The summed E-state index contributed by atoms with van der Waals surface area (Å²) in [5.74, 6) is 0.342. The molecule has 2 N–H and O–H groups in total. The van der Waals surface area contributed by atoms with E-state index >= 15 is 0 Å². The number of amides is 2. The third kappa shape index (κ3) is 5.34. The zero-order chi connectivity index (χ0) is 19.1. The second kappa shape index (κ2) is 9.04. The van der Waals surface area contributed by atoms with E-state index in [4.69, 9.17) is 4.74 Å². The van der Waals surface area contributed by atoms with Crippen LogP contribution in [0.3, 0.4) is 0 Å². The van der Waals surface area contributed by atoms with Crippen LogP contribution in [0.5, 0.6) is 5.75 Å². The van der Waals surface area contributed by atoms with Gasteiger partial charge in [0, 0.05) is 6.54 Å². The standard InChI is InChI=1S/C21H26N2O3/c1-14(2)13-22-20(24)16-9-5-7-11-18(16)23-21(25)17-10-6-8-12-19(17)26-15(3)4/h5-12,14-15H,13H2,1-4H3,(H,22,24)(H,23,25). The van der Waals surface area contributed by atoms with Gasteiger partial charge in [-0.25, -0.2) is 0 Å². The first-order valence-electron chi connectivity index (χ1n) is 8.82. The summed E-state index contributed by atoms with van der Waals surface area (Å²) in [5, 5.41) is 5.70. The van der Waals surface area contributed by atoms with E-state index in [1.807, 2.05) is 33.8 Å². The number of nitrogens with one attached hydrogen (secondary N) is 2. The minimum Gasteiger partial charge on any atom is -0.490 e. The number of carbonyl (C=O) groups is 2. The molecule has 0 aliphatic carbocycles. The lowest BCUT2D eigenvalue weighted by Crippen LogP contribution is -2.28. The summed E-state index contributed by atoms with van der Waals surface area (Å²) in [5.41, 5.74) is 1.33. The monoisotopic (exact) mass is 354 g/mol. The molecule has 0 fully saturated rings. The molecule has 0 saturated heterocycles. The molecule has 0 radical (unpaired) electrons. The Bertz CT molecular complexity index is 769. The molecule has 5 nitrogen and oxygen atoms in total. The van der Waals surface area contributed by atoms with Crippen LogP contribution >= 0.6 is 0 Å². The minimum absolute atomic E-state index is 0.0435. The van der Waals surface area contributed by atoms with Crippen molar-refractivity contribution in [2.45, 2.75) is 33.8 Å². The number of rotatable bonds is 7. The maximum Gasteiger partial charge on any atom is 0.259 e. The van der Waals surface area contributed by atoms with E-state index in [1.54, 1.807) is 42.5 Å². The quantitative estimate of drug-likeness (QED) is 0.786. The van der Waals surface area contributed by atoms with Crippen LogP contribution in [0.1, 0.15) is 48.4 Å². The summed E-state index contributed by atoms with van der Waals surface area (Å²) in [6.45, 7) is 8.44. The van der Waals surface area contributed by atoms with Gasteiger partial charge >= 0.3 is 0 Å². The number of para-hydroxylation sites is 2. The zero-order valence-electron chi connectivity index (χ0n) is 15.7. The molecule has 0 atom stereocenters. The van der Waals surface area contributed by atoms with Gasteiger partial charge in [-0.2, -0.15) is 0 Å². The molecule has 0 spiro atoms. The summed E-state index contributed by atoms with van der Waals surface area (Å²) in [4.78, 5) is 25.1. The fourth-order valence-electron chi connectivity index (χ4n) is 2.38. The number of hydrogen-bond acceptors (Lipinski definition) is 3. The first-order chi connectivity index (χ1) is 12.4. The predicted octanol–water partition coefficient (Wildman–Crippen LogP) is 4.11. The molecule has 2 amide bonds. The average Bonchev–Trinajstić information content (AvgIpc) is 2.60. The van der Waals surface area contributed by atoms with Crippen LogP contribution in [-0.4, -0.2) is 24.5 Å². The van der Waals surface area contributed by atoms with Crippen LogP contribution in [0, 0.1) is 5.92 Å². The van der Waals surface area contributed by atoms with Gasteiger partial charge in [0.1, 0.15) is 5.75 Å². The Morgan fingerprint density at radius 3 is 2.15 bits per heavy atom. The molecule has 0 heterocycles. The van der Waals surface area contributed by atoms with Gasteiger partial charge in [0.2, 0.25) is 0 Å². The maximum atomic E-state index is 12.7. The molecule has 0 aromatic heterocycles. The predicted molar refractivity (Wildman–Crippen MR) is 104 cm³/mol. The summed E-state index contributed by atoms with van der Waals surface area (Å²) in [6, 6.07) is 14.0. The van der Waals surface area contributed by atoms with Crippen molar-refractivity contribution in [3.05, 3.63) is 59.7 Å². The van der Waals surface area contributed by atoms with Crippen LogP contribution in [0.2, 0.25) is 0 Å². The van der Waals surface area contributed by atoms with Gasteiger partial charge in [0.05, 0.1) is 22.9 Å². The van der Waals surface area contributed by atoms with Gasteiger partial charge in [0.15, 0.2) is 0 Å². The number of carbonyl (C=O) groups excluding carboxylic acids is 2. The first kappa shape index (κ1) is 19.5. The van der Waals surface area contributed by atoms with Crippen molar-refractivity contribution >= 4 is 17.5 Å². The molecule has 0 unspecified atom stereocenters. The molecular weight excluding hydrogens is 328 g/mol. The fraction of sp³-hybridized carbons (Fsp3) is 0.333. The van der Waals surface area contributed by atoms with Crippen molar-refractivity contribution in [1.82, 2.24) is 5.32 Å². The summed E-state index contributed by atoms with van der Waals surface area (Å²) >= 11 is 0. The van der Waals surface area contributed by atoms with Crippen LogP contribution < -0.4 is 15.4 Å². The molecule has 0 saturated carbocycles. The van der Waals surface area contributed by atoms with Gasteiger partial charge in [-0.1, -0.05) is 38.1 Å². The average molecular weight is 354 g/mol. The molecule has 5 heteroatoms. The van der Waals surface area contributed by atoms with E-state index in [0.717, 1.165) is 0 Å². The van der Waals surface area contributed by atoms with Gasteiger partial charge in [-0.3, -0.25) is 9.59 Å². The van der Waals surface area contributed by atoms with Gasteiger partial charge in [0.25, 0.3) is 11.8 Å². The van der Waals surface area contributed by atoms with Crippen molar-refractivity contribution in [3.8, 4) is 5.75 Å². The Morgan fingerprint density at radius 2 is 1.50 bits per heavy atom. The van der Waals surface area contributed by atoms with Crippen LogP contribution in [0.25, 0.3) is 0 Å². The highest BCUT2D eigenvalue weighted by atomic mass is 16.5. The van der Waals surface area contributed by atoms with Gasteiger partial charge in [-0.15, -0.1) is 0 Å². The second-order valence-corrected chi connectivity index (χ2v) is 6.77. The highest BCUT2D eigenvalue weighted by Gasteiger charge is 2.17. The van der Waals surface area contributed by atoms with Crippen molar-refractivity contribution in [2.24, 2.45) is 5.92 Å². The van der Waals surface area contributed by atoms with Crippen LogP contribution in [0.4, 0.5) is 5.69 Å². The van der Waals surface area contributed by atoms with E-state index in [-0.39, 0.29) is 17.9 Å². The molecule has 2 aromatic carbocycles. The number of hydrogen-bond donors (Lipinski definition) is 2. The molecule has 2 aromatic rings. The lowest BCUT2D eigenvalue weighted by Gasteiger charge is -2.15. The Morgan fingerprint density at radius 1 is 0.885 bits per heavy atom. The lowest BCUT2D eigenvalue weighted by molar-refractivity contribution is 0.0950. The topological polar surface area (TPSA) is 67.4 Å². The van der Waals surface area contributed by atoms with E-state index < -0.39 is 0 Å². The smallest absolute Gasteiger partial charge is 0.259 e. The third-order valence-electron chi connectivity index (χ3n) is 3.59. The van der Waals surface area contributed by atoms with E-state index in [9.17, 15) is 9.59 Å². The normalized spacial score (nSPS) is 10.7. The van der Waals surface area contributed by atoms with Crippen molar-refractivity contribution in [3.63, 3.8) is 0 Å². The Kier molecular flexibility index (Phi) is 6.78. The van der Waals surface area contributed by atoms with Crippen molar-refractivity contribution < 1.29 is 14.3 Å². The van der Waals surface area contributed by atoms with Crippen molar-refractivity contribution in [1.29, 1.82) is 0 Å². The molecule has 2 rings (SSSR count). The third-order valence-corrected chi connectivity index (χ3v) is 3.59. The Labute approximate surface area is 154 Å². The Hall–Kier alpha value is -2.82. The lowest BCUT2D eigenvalue weighted by atomic mass is 10.1. The molecule has 0 aliphatic rings. The zero-order valence-corrected chi connectivity index (χ0v) is 15.7. The van der Waals surface area contributed by atoms with Crippen molar-refractivity contribution in [2.75, 3.05) is 11.9 Å². The number of ether oxygens (including phenoxy) is 1. The molecular formula is C21H26N2O3. The van der Waals surface area contributed by atoms with Gasteiger partial charge < -0.3 is 15.4 Å². The minimum atomic E-state index is -0.314. The first-order valence-corrected chi connectivity index (χ1v) is 8.82. The second-order valence-electron chi connectivity index (χ2n) is 6.77. The van der Waals surface area contributed by atoms with Gasteiger partial charge in [-0.05, 0) is 44.0 Å². The SMILES string of the molecule is CC(C)CNC(=O)c1ccccc1NC(=O)c1ccccc1OC(C)C. The fourth-order valence-corrected chi connectivity index (χ4v) is 2.38. The highest BCUT2D eigenvalue weighted by molar-refractivity contribution is 6.10. The van der Waals surface area contributed by atoms with Crippen LogP contribution in [0.15, 0.2) is 48.5 Å². The molecule has 0 bridgehead atoms. The summed E-state index contributed by atoms with van der Waals surface area (Å²) < 4.78 is 5.71. The van der Waals surface area contributed by atoms with E-state index in [2.05, 4.69) is 10.6 Å². The largest absolute Gasteiger partial charge is 0.490 e. The van der Waals surface area contributed by atoms with E-state index in [1.165, 1.54) is 0 Å². The molecule has 26 heavy (non-hydrogen) atoms. The van der Waals surface area contributed by atoms with E-state index in [0.29, 0.717) is 35.0 Å². The maximum absolute atomic E-state index is 12.7. The van der Waals surface area contributed by atoms with Crippen LogP contribution in [-0.2, 0) is 0 Å². The number of benzene rings is 2. The highest BCUT2D eigenvalue weighted by Crippen LogP contribution is 2.22. The summed E-state index contributed by atoms with van der Waals surface area (Å²) in [6.07, 6.45) is -0.0435. The molecule has 0 aliphatic heterocycles. The number of anilines is 1.